The number of aromatic amines is 2. The van der Waals surface area contributed by atoms with Crippen molar-refractivity contribution in [3.05, 3.63) is 88.9 Å². The molecule has 44 heavy (non-hydrogen) atoms. The second-order valence-electron chi connectivity index (χ2n) is 10.9. The van der Waals surface area contributed by atoms with Gasteiger partial charge in [-0.15, -0.1) is 0 Å². The van der Waals surface area contributed by atoms with E-state index in [9.17, 15) is 26.8 Å². The van der Waals surface area contributed by atoms with Crippen molar-refractivity contribution in [2.75, 3.05) is 41.8 Å². The number of rotatable bonds is 7. The number of halogens is 2. The zero-order valence-corrected chi connectivity index (χ0v) is 24.6. The van der Waals surface area contributed by atoms with Gasteiger partial charge < -0.3 is 25.3 Å². The smallest absolute Gasteiger partial charge is 0.258 e. The summed E-state index contributed by atoms with van der Waals surface area (Å²) in [7, 11) is -4.35. The van der Waals surface area contributed by atoms with Gasteiger partial charge in [0.2, 0.25) is 10.0 Å². The van der Waals surface area contributed by atoms with E-state index in [1.54, 1.807) is 44.3 Å². The lowest BCUT2D eigenvalue weighted by Gasteiger charge is -2.30. The van der Waals surface area contributed by atoms with Crippen LogP contribution in [0.2, 0.25) is 0 Å². The number of amides is 2. The summed E-state index contributed by atoms with van der Waals surface area (Å²) >= 11 is 0. The van der Waals surface area contributed by atoms with Crippen LogP contribution in [-0.2, 0) is 26.8 Å². The highest BCUT2D eigenvalue weighted by Gasteiger charge is 2.48. The third kappa shape index (κ3) is 5.33. The molecular weight excluding hydrogens is 596 g/mol. The number of H-pyrrole nitrogens is 2. The fraction of sp³-hybridized carbons (Fsp3) is 0.276. The Kier molecular flexibility index (Phi) is 7.47. The molecule has 0 bridgehead atoms. The van der Waals surface area contributed by atoms with Crippen molar-refractivity contribution < 1.29 is 31.5 Å². The lowest BCUT2D eigenvalue weighted by atomic mass is 10.0. The number of nitrogens with one attached hydrogen (secondary N) is 4. The molecule has 2 aromatic heterocycles. The van der Waals surface area contributed by atoms with Crippen molar-refractivity contribution in [1.29, 1.82) is 0 Å². The quantitative estimate of drug-likeness (QED) is 0.244. The van der Waals surface area contributed by atoms with Crippen molar-refractivity contribution in [2.45, 2.75) is 30.8 Å². The number of fused-ring (bicyclic) bond motifs is 1. The summed E-state index contributed by atoms with van der Waals surface area (Å²) in [5.74, 6) is -2.97. The van der Waals surface area contributed by atoms with Crippen molar-refractivity contribution in [2.24, 2.45) is 0 Å². The lowest BCUT2D eigenvalue weighted by molar-refractivity contribution is 0.102. The molecule has 0 radical (unpaired) electrons. The van der Waals surface area contributed by atoms with Crippen molar-refractivity contribution in [1.82, 2.24) is 19.5 Å². The topological polar surface area (TPSA) is 153 Å². The summed E-state index contributed by atoms with van der Waals surface area (Å²) in [4.78, 5) is 31.0. The maximum absolute atomic E-state index is 13.9. The molecule has 4 aromatic rings. The van der Waals surface area contributed by atoms with Crippen LogP contribution in [0.3, 0.4) is 0 Å². The maximum Gasteiger partial charge on any atom is 0.258 e. The minimum Gasteiger partial charge on any atom is -0.378 e. The highest BCUT2D eigenvalue weighted by Crippen LogP contribution is 2.44. The number of carbonyl (C=O) groups is 2. The highest BCUT2D eigenvalue weighted by molar-refractivity contribution is 7.89. The zero-order valence-electron chi connectivity index (χ0n) is 23.8. The number of aromatic nitrogens is 3. The van der Waals surface area contributed by atoms with Crippen LogP contribution in [0, 0.1) is 11.6 Å². The number of hydrogen-bond acceptors (Lipinski definition) is 7. The van der Waals surface area contributed by atoms with Crippen molar-refractivity contribution >= 4 is 39.0 Å². The van der Waals surface area contributed by atoms with Crippen LogP contribution in [-0.4, -0.2) is 66.0 Å². The Labute approximate surface area is 251 Å². The summed E-state index contributed by atoms with van der Waals surface area (Å²) in [5, 5.41) is 12.6. The molecule has 0 atom stereocenters. The second kappa shape index (κ2) is 11.2. The van der Waals surface area contributed by atoms with E-state index in [1.165, 1.54) is 6.20 Å². The van der Waals surface area contributed by atoms with E-state index in [0.717, 1.165) is 22.1 Å². The minimum absolute atomic E-state index is 0.0846. The first kappa shape index (κ1) is 29.5. The first-order valence-corrected chi connectivity index (χ1v) is 15.2. The monoisotopic (exact) mass is 625 g/mol. The predicted molar refractivity (Wildman–Crippen MR) is 157 cm³/mol. The predicted octanol–water partition coefficient (Wildman–Crippen LogP) is 3.80. The fourth-order valence-electron chi connectivity index (χ4n) is 5.47. The van der Waals surface area contributed by atoms with E-state index < -0.39 is 43.9 Å². The fourth-order valence-corrected chi connectivity index (χ4v) is 7.24. The van der Waals surface area contributed by atoms with Crippen molar-refractivity contribution in [3.63, 3.8) is 0 Å². The number of nitrogens with zero attached hydrogens (tertiary/aromatic N) is 3. The Hall–Kier alpha value is -4.60. The van der Waals surface area contributed by atoms with Gasteiger partial charge in [0, 0.05) is 49.3 Å². The number of ether oxygens (including phenoxy) is 1. The van der Waals surface area contributed by atoms with Crippen LogP contribution in [0.15, 0.2) is 59.8 Å². The van der Waals surface area contributed by atoms with E-state index >= 15 is 0 Å². The first-order chi connectivity index (χ1) is 20.9. The van der Waals surface area contributed by atoms with Crippen LogP contribution in [0.4, 0.5) is 26.0 Å². The number of benzene rings is 2. The Balaban J connectivity index is 1.29. The van der Waals surface area contributed by atoms with Crippen LogP contribution in [0.25, 0.3) is 0 Å². The lowest BCUT2D eigenvalue weighted by Crippen LogP contribution is -2.40. The molecule has 4 heterocycles. The molecule has 2 amide bonds. The van der Waals surface area contributed by atoms with Gasteiger partial charge in [0.25, 0.3) is 11.8 Å². The molecule has 0 saturated carbocycles. The Bertz CT molecular complexity index is 1830. The standard InChI is InChI=1S/C29H29F2N7O5S/c1-29(2)25-23(16-38(29)44(41,42)21-12-18(30)11-19(31)13-21)26(36-35-25)34-28(40)22-4-3-20(37-7-9-43-10-8-37)14-24(22)33-27(39)17-5-6-32-15-17/h3-6,11-15,32H,7-10,16H2,1-2H3,(H,33,39)(H2,34,35,36,40). The van der Waals surface area contributed by atoms with Crippen molar-refractivity contribution in [3.8, 4) is 0 Å². The van der Waals surface area contributed by atoms with E-state index in [1.807, 2.05) is 0 Å². The molecule has 0 spiro atoms. The average molecular weight is 626 g/mol. The molecule has 2 aliphatic rings. The number of morpholine rings is 1. The SMILES string of the molecule is CC1(C)c2[nH]nc(NC(=O)c3ccc(N4CCOCC4)cc3NC(=O)c3cc[nH]c3)c2CN1S(=O)(=O)c1cc(F)cc(F)c1. The van der Waals surface area contributed by atoms with Gasteiger partial charge in [-0.2, -0.15) is 9.40 Å². The molecule has 1 fully saturated rings. The molecule has 0 aliphatic carbocycles. The summed E-state index contributed by atoms with van der Waals surface area (Å²) in [6.45, 7) is 5.41. The Morgan fingerprint density at radius 3 is 2.41 bits per heavy atom. The molecule has 4 N–H and O–H groups in total. The van der Waals surface area contributed by atoms with E-state index in [0.29, 0.717) is 49.2 Å². The number of anilines is 3. The molecule has 12 nitrogen and oxygen atoms in total. The number of sulfonamides is 1. The molecule has 2 aromatic carbocycles. The van der Waals surface area contributed by atoms with E-state index in [-0.39, 0.29) is 23.6 Å². The molecular formula is C29H29F2N7O5S. The van der Waals surface area contributed by atoms with Crippen LogP contribution >= 0.6 is 0 Å². The van der Waals surface area contributed by atoms with Crippen LogP contribution in [0.5, 0.6) is 0 Å². The third-order valence-corrected chi connectivity index (χ3v) is 9.79. The summed E-state index contributed by atoms with van der Waals surface area (Å²) in [6, 6.07) is 8.80. The zero-order chi connectivity index (χ0) is 31.2. The molecule has 0 unspecified atom stereocenters. The normalized spacial score (nSPS) is 16.5. The van der Waals surface area contributed by atoms with E-state index in [4.69, 9.17) is 4.74 Å². The molecule has 230 valence electrons. The maximum atomic E-state index is 13.9. The molecule has 15 heteroatoms. The largest absolute Gasteiger partial charge is 0.378 e. The van der Waals surface area contributed by atoms with Gasteiger partial charge >= 0.3 is 0 Å². The molecule has 2 aliphatic heterocycles. The van der Waals surface area contributed by atoms with Gasteiger partial charge in [0.15, 0.2) is 5.82 Å². The van der Waals surface area contributed by atoms with Crippen LogP contribution < -0.4 is 15.5 Å². The van der Waals surface area contributed by atoms with Gasteiger partial charge in [-0.3, -0.25) is 14.7 Å². The molecule has 1 saturated heterocycles. The Morgan fingerprint density at radius 2 is 1.73 bits per heavy atom. The van der Waals surface area contributed by atoms with Gasteiger partial charge in [-0.1, -0.05) is 0 Å². The Morgan fingerprint density at radius 1 is 1.00 bits per heavy atom. The third-order valence-electron chi connectivity index (χ3n) is 7.79. The second-order valence-corrected chi connectivity index (χ2v) is 12.8. The van der Waals surface area contributed by atoms with Gasteiger partial charge in [0.05, 0.1) is 46.2 Å². The minimum atomic E-state index is -4.35. The molecule has 6 rings (SSSR count). The summed E-state index contributed by atoms with van der Waals surface area (Å²) in [6.07, 6.45) is 3.15. The first-order valence-electron chi connectivity index (χ1n) is 13.7. The summed E-state index contributed by atoms with van der Waals surface area (Å²) in [5.41, 5.74) is 1.21. The average Bonchev–Trinajstić information content (AvgIpc) is 3.72. The number of carbonyl (C=O) groups excluding carboxylic acids is 2. The van der Waals surface area contributed by atoms with Gasteiger partial charge in [-0.05, 0) is 50.2 Å². The highest BCUT2D eigenvalue weighted by atomic mass is 32.2. The van der Waals surface area contributed by atoms with Gasteiger partial charge in [0.1, 0.15) is 11.6 Å². The van der Waals surface area contributed by atoms with E-state index in [2.05, 4.69) is 30.7 Å². The van der Waals surface area contributed by atoms with Crippen LogP contribution in [0.1, 0.15) is 45.8 Å². The van der Waals surface area contributed by atoms with Gasteiger partial charge in [-0.25, -0.2) is 17.2 Å². The number of hydrogen-bond donors (Lipinski definition) is 4. The summed E-state index contributed by atoms with van der Waals surface area (Å²) < 4.78 is 61.3.